The van der Waals surface area contributed by atoms with Crippen LogP contribution in [0.3, 0.4) is 0 Å². The molecule has 0 spiro atoms. The summed E-state index contributed by atoms with van der Waals surface area (Å²) in [6.45, 7) is 1.13. The first-order chi connectivity index (χ1) is 24.8. The van der Waals surface area contributed by atoms with Gasteiger partial charge in [0.05, 0.1) is 42.8 Å². The van der Waals surface area contributed by atoms with Crippen LogP contribution in [0.2, 0.25) is 0 Å². The summed E-state index contributed by atoms with van der Waals surface area (Å²) in [5, 5.41) is 0. The van der Waals surface area contributed by atoms with Crippen molar-refractivity contribution >= 4 is 11.8 Å². The number of imidazole rings is 2. The normalized spacial score (nSPS) is 14.9. The van der Waals surface area contributed by atoms with Crippen LogP contribution in [0.4, 0.5) is 0 Å². The second kappa shape index (κ2) is 15.0. The minimum absolute atomic E-state index is 0.0129. The van der Waals surface area contributed by atoms with Gasteiger partial charge in [-0.2, -0.15) is 0 Å². The van der Waals surface area contributed by atoms with Crippen molar-refractivity contribution in [2.75, 3.05) is 27.7 Å². The molecule has 1 aliphatic heterocycles. The van der Waals surface area contributed by atoms with Gasteiger partial charge in [-0.15, -0.1) is 0 Å². The third kappa shape index (κ3) is 7.54. The number of hydrogen-bond donors (Lipinski definition) is 2. The maximum Gasteiger partial charge on any atom is 0.244 e. The molecular weight excluding hydrogens is 635 g/mol. The number of benzene rings is 4. The van der Waals surface area contributed by atoms with Crippen molar-refractivity contribution in [1.82, 2.24) is 34.6 Å². The summed E-state index contributed by atoms with van der Waals surface area (Å²) in [5.74, 6) is 1.72. The molecule has 1 saturated heterocycles. The van der Waals surface area contributed by atoms with Gasteiger partial charge in [-0.05, 0) is 60.3 Å². The molecule has 0 bridgehead atoms. The Morgan fingerprint density at radius 1 is 0.745 bits per heavy atom. The zero-order valence-electron chi connectivity index (χ0n) is 29.3. The van der Waals surface area contributed by atoms with Crippen molar-refractivity contribution in [2.24, 2.45) is 0 Å². The number of hydrogen-bond acceptors (Lipinski definition) is 5. The van der Waals surface area contributed by atoms with Crippen molar-refractivity contribution in [2.45, 2.75) is 37.9 Å². The number of aromatic amines is 2. The monoisotopic (exact) mass is 677 g/mol. The fourth-order valence-electron chi connectivity index (χ4n) is 6.96. The molecule has 0 saturated carbocycles. The first-order valence-electron chi connectivity index (χ1n) is 17.4. The van der Waals surface area contributed by atoms with Gasteiger partial charge in [0.2, 0.25) is 11.8 Å². The Bertz CT molecular complexity index is 2070. The van der Waals surface area contributed by atoms with Crippen molar-refractivity contribution in [3.8, 4) is 33.6 Å². The van der Waals surface area contributed by atoms with E-state index in [4.69, 9.17) is 4.98 Å². The van der Waals surface area contributed by atoms with Crippen LogP contribution in [-0.2, 0) is 22.6 Å². The molecule has 1 aliphatic rings. The number of nitrogens with one attached hydrogen (secondary N) is 2. The number of likely N-dealkylation sites (tertiary alicyclic amines) is 1. The highest BCUT2D eigenvalue weighted by atomic mass is 16.2. The molecule has 0 aliphatic carbocycles. The molecule has 1 unspecified atom stereocenters. The standard InChI is InChI=1S/C42H43N7O2/c1-47(2)40(34-13-8-5-9-14-34)42(51)48(3)28-38-43-26-35(45-38)32-20-16-30(17-21-32)31-18-22-33(23-19-31)36-27-44-41(46-36)37-15-10-24-49(37)39(50)25-29-11-6-4-7-12-29/h4-9,11-14,16-23,26-27,37,40H,10,15,24-25,28H2,1-3H3,(H,43,45)(H,44,46)/t37?,40-/m1/s1. The largest absolute Gasteiger partial charge is 0.341 e. The quantitative estimate of drug-likeness (QED) is 0.150. The maximum absolute atomic E-state index is 13.4. The Labute approximate surface area is 299 Å². The summed E-state index contributed by atoms with van der Waals surface area (Å²) in [7, 11) is 5.66. The highest BCUT2D eigenvalue weighted by Gasteiger charge is 2.32. The van der Waals surface area contributed by atoms with E-state index < -0.39 is 0 Å². The lowest BCUT2D eigenvalue weighted by atomic mass is 10.0. The smallest absolute Gasteiger partial charge is 0.244 e. The average molecular weight is 678 g/mol. The van der Waals surface area contributed by atoms with Crippen LogP contribution in [0.1, 0.15) is 47.7 Å². The van der Waals surface area contributed by atoms with Crippen molar-refractivity contribution in [3.05, 3.63) is 144 Å². The number of aromatic nitrogens is 4. The highest BCUT2D eigenvalue weighted by molar-refractivity contribution is 5.83. The van der Waals surface area contributed by atoms with E-state index in [1.165, 1.54) is 0 Å². The predicted molar refractivity (Wildman–Crippen MR) is 200 cm³/mol. The Hall–Kier alpha value is -5.80. The van der Waals surface area contributed by atoms with E-state index >= 15 is 0 Å². The van der Waals surface area contributed by atoms with Crippen LogP contribution in [-0.4, -0.2) is 74.1 Å². The molecule has 0 radical (unpaired) electrons. The van der Waals surface area contributed by atoms with Crippen LogP contribution >= 0.6 is 0 Å². The van der Waals surface area contributed by atoms with E-state index in [1.807, 2.05) is 104 Å². The second-order valence-corrected chi connectivity index (χ2v) is 13.5. The molecule has 2 aromatic heterocycles. The number of carbonyl (C=O) groups excluding carboxylic acids is 2. The van der Waals surface area contributed by atoms with Crippen LogP contribution in [0, 0.1) is 0 Å². The lowest BCUT2D eigenvalue weighted by molar-refractivity contribution is -0.135. The zero-order valence-corrected chi connectivity index (χ0v) is 29.3. The summed E-state index contributed by atoms with van der Waals surface area (Å²) in [6, 6.07) is 36.2. The van der Waals surface area contributed by atoms with Crippen LogP contribution < -0.4 is 0 Å². The van der Waals surface area contributed by atoms with Crippen molar-refractivity contribution in [3.63, 3.8) is 0 Å². The number of rotatable bonds is 11. The van der Waals surface area contributed by atoms with Crippen molar-refractivity contribution < 1.29 is 9.59 Å². The number of likely N-dealkylation sites (N-methyl/N-ethyl adjacent to an activating group) is 2. The van der Waals surface area contributed by atoms with E-state index in [0.717, 1.165) is 75.8 Å². The summed E-state index contributed by atoms with van der Waals surface area (Å²) in [6.07, 6.45) is 5.98. The fraction of sp³-hybridized carbons (Fsp3) is 0.238. The number of amides is 2. The summed E-state index contributed by atoms with van der Waals surface area (Å²) >= 11 is 0. The molecule has 9 heteroatoms. The van der Waals surface area contributed by atoms with Gasteiger partial charge in [-0.1, -0.05) is 109 Å². The van der Waals surface area contributed by atoms with Gasteiger partial charge in [0.1, 0.15) is 17.7 Å². The molecule has 9 nitrogen and oxygen atoms in total. The number of carbonyl (C=O) groups is 2. The van der Waals surface area contributed by atoms with Crippen LogP contribution in [0.25, 0.3) is 33.6 Å². The SMILES string of the molecule is CN(Cc1ncc(-c2ccc(-c3ccc(-c4cnc(C5CCCN5C(=O)Cc5ccccc5)[nH]4)cc3)cc2)[nH]1)C(=O)[C@@H](c1ccccc1)N(C)C. The molecular formula is C42H43N7O2. The Balaban J connectivity index is 0.975. The third-order valence-corrected chi connectivity index (χ3v) is 9.66. The first-order valence-corrected chi connectivity index (χ1v) is 17.4. The minimum atomic E-state index is -0.366. The molecule has 51 heavy (non-hydrogen) atoms. The minimum Gasteiger partial charge on any atom is -0.341 e. The van der Waals surface area contributed by atoms with Gasteiger partial charge in [0, 0.05) is 13.6 Å². The van der Waals surface area contributed by atoms with E-state index in [1.54, 1.807) is 4.90 Å². The Morgan fingerprint density at radius 3 is 1.94 bits per heavy atom. The van der Waals surface area contributed by atoms with Crippen LogP contribution in [0.15, 0.2) is 122 Å². The second-order valence-electron chi connectivity index (χ2n) is 13.5. The fourth-order valence-corrected chi connectivity index (χ4v) is 6.96. The average Bonchev–Trinajstić information content (AvgIpc) is 3.94. The van der Waals surface area contributed by atoms with E-state index in [2.05, 4.69) is 63.5 Å². The maximum atomic E-state index is 13.4. The molecule has 4 aromatic carbocycles. The van der Waals surface area contributed by atoms with Gasteiger partial charge >= 0.3 is 0 Å². The highest BCUT2D eigenvalue weighted by Crippen LogP contribution is 2.33. The van der Waals surface area contributed by atoms with Gasteiger partial charge in [0.25, 0.3) is 0 Å². The molecule has 258 valence electrons. The predicted octanol–water partition coefficient (Wildman–Crippen LogP) is 7.30. The lowest BCUT2D eigenvalue weighted by Gasteiger charge is -2.28. The molecule has 6 aromatic rings. The first kappa shape index (κ1) is 33.7. The Kier molecular flexibility index (Phi) is 9.90. The van der Waals surface area contributed by atoms with E-state index in [0.29, 0.717) is 13.0 Å². The molecule has 2 amide bonds. The number of nitrogens with zero attached hydrogens (tertiary/aromatic N) is 5. The summed E-state index contributed by atoms with van der Waals surface area (Å²) in [4.78, 5) is 48.4. The third-order valence-electron chi connectivity index (χ3n) is 9.66. The summed E-state index contributed by atoms with van der Waals surface area (Å²) in [5.41, 5.74) is 8.11. The molecule has 7 rings (SSSR count). The van der Waals surface area contributed by atoms with Gasteiger partial charge in [0.15, 0.2) is 0 Å². The van der Waals surface area contributed by atoms with Crippen molar-refractivity contribution in [1.29, 1.82) is 0 Å². The summed E-state index contributed by atoms with van der Waals surface area (Å²) < 4.78 is 0. The molecule has 3 heterocycles. The van der Waals surface area contributed by atoms with Crippen LogP contribution in [0.5, 0.6) is 0 Å². The van der Waals surface area contributed by atoms with E-state index in [9.17, 15) is 9.59 Å². The van der Waals surface area contributed by atoms with Gasteiger partial charge in [-0.25, -0.2) is 9.97 Å². The lowest BCUT2D eigenvalue weighted by Crippen LogP contribution is -2.38. The number of H-pyrrole nitrogens is 2. The molecule has 1 fully saturated rings. The van der Waals surface area contributed by atoms with Gasteiger partial charge < -0.3 is 19.8 Å². The van der Waals surface area contributed by atoms with E-state index in [-0.39, 0.29) is 23.9 Å². The topological polar surface area (TPSA) is 101 Å². The van der Waals surface area contributed by atoms with Gasteiger partial charge in [-0.3, -0.25) is 14.5 Å². The molecule has 2 N–H and O–H groups in total. The zero-order chi connectivity index (χ0) is 35.3. The Morgan fingerprint density at radius 2 is 1.31 bits per heavy atom. The molecule has 2 atom stereocenters.